The lowest BCUT2D eigenvalue weighted by atomic mass is 9.92. The van der Waals surface area contributed by atoms with E-state index >= 15 is 0 Å². The van der Waals surface area contributed by atoms with Crippen molar-refractivity contribution in [3.05, 3.63) is 54.1 Å². The van der Waals surface area contributed by atoms with Crippen LogP contribution in [0, 0.1) is 5.41 Å². The lowest BCUT2D eigenvalue weighted by Crippen LogP contribution is -2.42. The van der Waals surface area contributed by atoms with E-state index in [4.69, 9.17) is 10.3 Å². The summed E-state index contributed by atoms with van der Waals surface area (Å²) in [5, 5.41) is 7.54. The van der Waals surface area contributed by atoms with Gasteiger partial charge in [0.2, 0.25) is 5.91 Å². The average molecular weight is 337 g/mol. The van der Waals surface area contributed by atoms with Crippen LogP contribution in [0.5, 0.6) is 0 Å². The topological polar surface area (TPSA) is 98.2 Å². The highest BCUT2D eigenvalue weighted by Gasteiger charge is 2.25. The van der Waals surface area contributed by atoms with E-state index in [0.29, 0.717) is 16.8 Å². The van der Waals surface area contributed by atoms with E-state index in [0.717, 1.165) is 10.9 Å². The van der Waals surface area contributed by atoms with Gasteiger partial charge in [-0.15, -0.1) is 0 Å². The molecular formula is C19H19N3O3. The molecule has 0 saturated heterocycles. The van der Waals surface area contributed by atoms with Crippen LogP contribution in [-0.2, 0) is 4.79 Å². The van der Waals surface area contributed by atoms with Crippen LogP contribution in [0.2, 0.25) is 0 Å². The molecule has 3 rings (SSSR count). The minimum Gasteiger partial charge on any atom is -0.369 e. The van der Waals surface area contributed by atoms with Crippen molar-refractivity contribution in [2.75, 3.05) is 6.54 Å². The summed E-state index contributed by atoms with van der Waals surface area (Å²) in [4.78, 5) is 23.8. The Bertz CT molecular complexity index is 929. The summed E-state index contributed by atoms with van der Waals surface area (Å²) < 4.78 is 5.44. The van der Waals surface area contributed by atoms with E-state index in [1.807, 2.05) is 30.3 Å². The predicted octanol–water partition coefficient (Wildman–Crippen LogP) is 2.74. The van der Waals surface area contributed by atoms with E-state index in [2.05, 4.69) is 10.5 Å². The molecule has 0 unspecified atom stereocenters. The standard InChI is InChI=1S/C19H19N3O3/c1-19(2,18(20)24)11-21-17(23)13-8-9-15-14(10-13)16(25-22-15)12-6-4-3-5-7-12/h3-10H,11H2,1-2H3,(H2,20,24)(H,21,23). The van der Waals surface area contributed by atoms with Gasteiger partial charge < -0.3 is 15.6 Å². The molecule has 0 atom stereocenters. The van der Waals surface area contributed by atoms with Crippen molar-refractivity contribution in [2.45, 2.75) is 13.8 Å². The number of benzene rings is 2. The Labute approximate surface area is 145 Å². The molecule has 0 aliphatic heterocycles. The van der Waals surface area contributed by atoms with Crippen molar-refractivity contribution in [3.63, 3.8) is 0 Å². The fraction of sp³-hybridized carbons (Fsp3) is 0.211. The third-order valence-corrected chi connectivity index (χ3v) is 4.13. The minimum absolute atomic E-state index is 0.161. The Kier molecular flexibility index (Phi) is 4.27. The average Bonchev–Trinajstić information content (AvgIpc) is 3.03. The van der Waals surface area contributed by atoms with Gasteiger partial charge in [0, 0.05) is 17.7 Å². The van der Waals surface area contributed by atoms with Crippen LogP contribution in [0.1, 0.15) is 24.2 Å². The van der Waals surface area contributed by atoms with Gasteiger partial charge in [0.25, 0.3) is 5.91 Å². The quantitative estimate of drug-likeness (QED) is 0.748. The molecule has 2 aromatic carbocycles. The molecule has 3 N–H and O–H groups in total. The molecule has 0 aliphatic carbocycles. The number of carbonyl (C=O) groups is 2. The molecule has 0 radical (unpaired) electrons. The zero-order valence-corrected chi connectivity index (χ0v) is 14.1. The summed E-state index contributed by atoms with van der Waals surface area (Å²) in [6.07, 6.45) is 0. The normalized spacial score (nSPS) is 11.4. The van der Waals surface area contributed by atoms with E-state index in [-0.39, 0.29) is 12.5 Å². The van der Waals surface area contributed by atoms with E-state index in [1.165, 1.54) is 0 Å². The first-order chi connectivity index (χ1) is 11.9. The molecule has 0 saturated carbocycles. The summed E-state index contributed by atoms with van der Waals surface area (Å²) in [6.45, 7) is 3.53. The van der Waals surface area contributed by atoms with Crippen molar-refractivity contribution in [1.29, 1.82) is 0 Å². The number of primary amides is 1. The Morgan fingerprint density at radius 3 is 2.56 bits per heavy atom. The molecular weight excluding hydrogens is 318 g/mol. The number of carbonyl (C=O) groups excluding carboxylic acids is 2. The lowest BCUT2D eigenvalue weighted by molar-refractivity contribution is -0.125. The number of aromatic nitrogens is 1. The number of rotatable bonds is 5. The molecule has 3 aromatic rings. The molecule has 0 spiro atoms. The number of nitrogens with two attached hydrogens (primary N) is 1. The number of nitrogens with zero attached hydrogens (tertiary/aromatic N) is 1. The zero-order valence-electron chi connectivity index (χ0n) is 14.1. The third kappa shape index (κ3) is 3.38. The molecule has 6 heteroatoms. The van der Waals surface area contributed by atoms with E-state index < -0.39 is 11.3 Å². The Morgan fingerprint density at radius 1 is 1.16 bits per heavy atom. The van der Waals surface area contributed by atoms with Crippen molar-refractivity contribution < 1.29 is 14.1 Å². The van der Waals surface area contributed by atoms with Crippen molar-refractivity contribution >= 4 is 22.7 Å². The van der Waals surface area contributed by atoms with Crippen LogP contribution in [-0.4, -0.2) is 23.5 Å². The largest absolute Gasteiger partial charge is 0.369 e. The molecule has 0 bridgehead atoms. The van der Waals surface area contributed by atoms with Crippen LogP contribution < -0.4 is 11.1 Å². The van der Waals surface area contributed by atoms with Crippen LogP contribution in [0.25, 0.3) is 22.2 Å². The minimum atomic E-state index is -0.813. The highest BCUT2D eigenvalue weighted by molar-refractivity contribution is 6.01. The van der Waals surface area contributed by atoms with Crippen LogP contribution >= 0.6 is 0 Å². The number of nitrogens with one attached hydrogen (secondary N) is 1. The van der Waals surface area contributed by atoms with Gasteiger partial charge in [0.15, 0.2) is 5.76 Å². The Hall–Kier alpha value is -3.15. The van der Waals surface area contributed by atoms with Gasteiger partial charge in [-0.3, -0.25) is 9.59 Å². The fourth-order valence-corrected chi connectivity index (χ4v) is 2.37. The second-order valence-corrected chi connectivity index (χ2v) is 6.54. The highest BCUT2D eigenvalue weighted by Crippen LogP contribution is 2.29. The maximum Gasteiger partial charge on any atom is 0.251 e. The van der Waals surface area contributed by atoms with Gasteiger partial charge in [-0.1, -0.05) is 35.5 Å². The van der Waals surface area contributed by atoms with Gasteiger partial charge in [-0.25, -0.2) is 0 Å². The number of hydrogen-bond donors (Lipinski definition) is 2. The number of amides is 2. The number of hydrogen-bond acceptors (Lipinski definition) is 4. The van der Waals surface area contributed by atoms with Crippen LogP contribution in [0.15, 0.2) is 53.1 Å². The first-order valence-electron chi connectivity index (χ1n) is 7.91. The van der Waals surface area contributed by atoms with Gasteiger partial charge in [-0.05, 0) is 32.0 Å². The molecule has 2 amide bonds. The van der Waals surface area contributed by atoms with E-state index in [1.54, 1.807) is 32.0 Å². The van der Waals surface area contributed by atoms with Gasteiger partial charge in [0.1, 0.15) is 5.52 Å². The first kappa shape index (κ1) is 16.7. The van der Waals surface area contributed by atoms with Gasteiger partial charge >= 0.3 is 0 Å². The summed E-state index contributed by atoms with van der Waals surface area (Å²) in [5.74, 6) is -0.132. The summed E-state index contributed by atoms with van der Waals surface area (Å²) in [5.41, 5.74) is 6.54. The Morgan fingerprint density at radius 2 is 1.88 bits per heavy atom. The molecule has 25 heavy (non-hydrogen) atoms. The fourth-order valence-electron chi connectivity index (χ4n) is 2.37. The van der Waals surface area contributed by atoms with Crippen molar-refractivity contribution in [1.82, 2.24) is 10.5 Å². The lowest BCUT2D eigenvalue weighted by Gasteiger charge is -2.20. The summed E-state index contributed by atoms with van der Waals surface area (Å²) in [7, 11) is 0. The van der Waals surface area contributed by atoms with Crippen LogP contribution in [0.4, 0.5) is 0 Å². The molecule has 6 nitrogen and oxygen atoms in total. The van der Waals surface area contributed by atoms with Gasteiger partial charge in [-0.2, -0.15) is 0 Å². The molecule has 1 aromatic heterocycles. The second kappa shape index (κ2) is 6.39. The zero-order chi connectivity index (χ0) is 18.0. The number of fused-ring (bicyclic) bond motifs is 1. The monoisotopic (exact) mass is 337 g/mol. The Balaban J connectivity index is 1.88. The first-order valence-corrected chi connectivity index (χ1v) is 7.91. The molecule has 0 aliphatic rings. The maximum atomic E-state index is 12.4. The predicted molar refractivity (Wildman–Crippen MR) is 94.8 cm³/mol. The molecule has 1 heterocycles. The molecule has 128 valence electrons. The maximum absolute atomic E-state index is 12.4. The van der Waals surface area contributed by atoms with Crippen molar-refractivity contribution in [2.24, 2.45) is 11.1 Å². The highest BCUT2D eigenvalue weighted by atomic mass is 16.5. The smallest absolute Gasteiger partial charge is 0.251 e. The summed E-state index contributed by atoms with van der Waals surface area (Å²) in [6, 6.07) is 14.7. The molecule has 0 fully saturated rings. The van der Waals surface area contributed by atoms with Crippen LogP contribution in [0.3, 0.4) is 0 Å². The van der Waals surface area contributed by atoms with Crippen molar-refractivity contribution in [3.8, 4) is 11.3 Å². The second-order valence-electron chi connectivity index (χ2n) is 6.54. The SMILES string of the molecule is CC(C)(CNC(=O)c1ccc2noc(-c3ccccc3)c2c1)C(N)=O. The van der Waals surface area contributed by atoms with E-state index in [9.17, 15) is 9.59 Å². The third-order valence-electron chi connectivity index (χ3n) is 4.13. The van der Waals surface area contributed by atoms with Gasteiger partial charge in [0.05, 0.1) is 10.8 Å². The summed E-state index contributed by atoms with van der Waals surface area (Å²) >= 11 is 0.